The Morgan fingerprint density at radius 2 is 1.95 bits per heavy atom. The predicted molar refractivity (Wildman–Crippen MR) is 64.0 cm³/mol. The summed E-state index contributed by atoms with van der Waals surface area (Å²) in [6.45, 7) is 0. The lowest BCUT2D eigenvalue weighted by atomic mass is 10.1. The molecule has 0 aliphatic rings. The highest BCUT2D eigenvalue weighted by molar-refractivity contribution is 5.92. The number of carboxylic acids is 1. The normalized spacial score (nSPS) is 11.4. The highest BCUT2D eigenvalue weighted by Crippen LogP contribution is 2.33. The van der Waals surface area contributed by atoms with Gasteiger partial charge in [-0.05, 0) is 18.2 Å². The van der Waals surface area contributed by atoms with Crippen molar-refractivity contribution in [3.05, 3.63) is 47.3 Å². The van der Waals surface area contributed by atoms with Crippen LogP contribution in [0.5, 0.6) is 0 Å². The molecule has 6 nitrogen and oxygen atoms in total. The summed E-state index contributed by atoms with van der Waals surface area (Å²) in [5.74, 6) is -2.47. The minimum atomic E-state index is -4.83. The summed E-state index contributed by atoms with van der Waals surface area (Å²) in [6, 6.07) is 2.61. The zero-order chi connectivity index (χ0) is 15.8. The van der Waals surface area contributed by atoms with E-state index in [9.17, 15) is 22.8 Å². The fourth-order valence-electron chi connectivity index (χ4n) is 1.69. The second-order valence-electron chi connectivity index (χ2n) is 4.07. The molecule has 0 fully saturated rings. The molecule has 0 saturated heterocycles. The average Bonchev–Trinajstić information content (AvgIpc) is 2.86. The van der Waals surface area contributed by atoms with Crippen LogP contribution >= 0.6 is 0 Å². The van der Waals surface area contributed by atoms with E-state index in [4.69, 9.17) is 10.8 Å². The van der Waals surface area contributed by atoms with E-state index in [-0.39, 0.29) is 11.3 Å². The van der Waals surface area contributed by atoms with Gasteiger partial charge in [-0.1, -0.05) is 0 Å². The molecule has 1 heterocycles. The Morgan fingerprint density at radius 1 is 1.29 bits per heavy atom. The number of aromatic nitrogens is 2. The second-order valence-corrected chi connectivity index (χ2v) is 4.07. The Hall–Kier alpha value is -2.84. The number of carbonyl (C=O) groups is 2. The molecule has 2 rings (SSSR count). The van der Waals surface area contributed by atoms with E-state index in [0.717, 1.165) is 29.2 Å². The molecule has 21 heavy (non-hydrogen) atoms. The number of primary amides is 1. The van der Waals surface area contributed by atoms with Crippen molar-refractivity contribution in [3.63, 3.8) is 0 Å². The standard InChI is InChI=1S/C12H8F3N3O3/c13-12(14,15)9-3-7(1-2-8(9)11(20)21)18-5-6(4-17-18)10(16)19/h1-5H,(H2,16,19)(H,20,21). The third kappa shape index (κ3) is 2.86. The number of nitrogens with two attached hydrogens (primary N) is 1. The maximum Gasteiger partial charge on any atom is 0.417 e. The molecule has 0 aliphatic heterocycles. The van der Waals surface area contributed by atoms with Gasteiger partial charge in [0.05, 0.1) is 28.6 Å². The van der Waals surface area contributed by atoms with Gasteiger partial charge in [-0.3, -0.25) is 4.79 Å². The number of halogens is 3. The molecule has 0 aliphatic carbocycles. The highest BCUT2D eigenvalue weighted by atomic mass is 19.4. The Kier molecular flexibility index (Phi) is 3.42. The van der Waals surface area contributed by atoms with Gasteiger partial charge in [0.25, 0.3) is 5.91 Å². The molecule has 110 valence electrons. The van der Waals surface area contributed by atoms with Crippen molar-refractivity contribution in [2.45, 2.75) is 6.18 Å². The number of amides is 1. The van der Waals surface area contributed by atoms with Crippen molar-refractivity contribution in [1.82, 2.24) is 9.78 Å². The lowest BCUT2D eigenvalue weighted by Gasteiger charge is -2.12. The van der Waals surface area contributed by atoms with Crippen LogP contribution in [0.15, 0.2) is 30.6 Å². The van der Waals surface area contributed by atoms with Crippen molar-refractivity contribution in [3.8, 4) is 5.69 Å². The van der Waals surface area contributed by atoms with Gasteiger partial charge in [0, 0.05) is 6.20 Å². The number of rotatable bonds is 3. The zero-order valence-electron chi connectivity index (χ0n) is 10.3. The topological polar surface area (TPSA) is 98.2 Å². The van der Waals surface area contributed by atoms with E-state index in [1.54, 1.807) is 0 Å². The molecule has 0 saturated carbocycles. The third-order valence-corrected chi connectivity index (χ3v) is 2.67. The fraction of sp³-hybridized carbons (Fsp3) is 0.0833. The van der Waals surface area contributed by atoms with Crippen LogP contribution in [0.2, 0.25) is 0 Å². The first-order valence-corrected chi connectivity index (χ1v) is 5.49. The second kappa shape index (κ2) is 4.93. The van der Waals surface area contributed by atoms with Gasteiger partial charge in [0.15, 0.2) is 0 Å². The zero-order valence-corrected chi connectivity index (χ0v) is 10.3. The van der Waals surface area contributed by atoms with Crippen LogP contribution in [0, 0.1) is 0 Å². The average molecular weight is 299 g/mol. The Labute approximate surface area is 115 Å². The Morgan fingerprint density at radius 3 is 2.43 bits per heavy atom. The maximum atomic E-state index is 12.9. The lowest BCUT2D eigenvalue weighted by Crippen LogP contribution is -2.14. The molecule has 0 spiro atoms. The number of carboxylic acid groups (broad SMARTS) is 1. The summed E-state index contributed by atoms with van der Waals surface area (Å²) in [7, 11) is 0. The van der Waals surface area contributed by atoms with Crippen molar-refractivity contribution < 1.29 is 27.9 Å². The molecular weight excluding hydrogens is 291 g/mol. The van der Waals surface area contributed by atoms with Crippen LogP contribution in [0.25, 0.3) is 5.69 Å². The maximum absolute atomic E-state index is 12.9. The van der Waals surface area contributed by atoms with Crippen LogP contribution in [0.3, 0.4) is 0 Å². The number of hydrogen-bond acceptors (Lipinski definition) is 3. The van der Waals surface area contributed by atoms with Crippen LogP contribution in [-0.2, 0) is 6.18 Å². The molecule has 0 unspecified atom stereocenters. The number of alkyl halides is 3. The van der Waals surface area contributed by atoms with E-state index in [2.05, 4.69) is 5.10 Å². The minimum absolute atomic E-state index is 0.0193. The molecular formula is C12H8F3N3O3. The van der Waals surface area contributed by atoms with E-state index >= 15 is 0 Å². The lowest BCUT2D eigenvalue weighted by molar-refractivity contribution is -0.138. The van der Waals surface area contributed by atoms with Gasteiger partial charge < -0.3 is 10.8 Å². The van der Waals surface area contributed by atoms with E-state index in [0.29, 0.717) is 6.07 Å². The molecule has 3 N–H and O–H groups in total. The number of benzene rings is 1. The predicted octanol–water partition coefficient (Wildman–Crippen LogP) is 1.69. The van der Waals surface area contributed by atoms with Crippen LogP contribution in [0.4, 0.5) is 13.2 Å². The van der Waals surface area contributed by atoms with Crippen molar-refractivity contribution in [1.29, 1.82) is 0 Å². The van der Waals surface area contributed by atoms with Crippen molar-refractivity contribution >= 4 is 11.9 Å². The quantitative estimate of drug-likeness (QED) is 0.901. The van der Waals surface area contributed by atoms with Gasteiger partial charge in [0.1, 0.15) is 0 Å². The molecule has 0 radical (unpaired) electrons. The van der Waals surface area contributed by atoms with Gasteiger partial charge in [-0.15, -0.1) is 0 Å². The summed E-state index contributed by atoms with van der Waals surface area (Å²) in [6.07, 6.45) is -2.58. The van der Waals surface area contributed by atoms with Crippen molar-refractivity contribution in [2.24, 2.45) is 5.73 Å². The largest absolute Gasteiger partial charge is 0.478 e. The summed E-state index contributed by atoms with van der Waals surface area (Å²) >= 11 is 0. The number of carbonyl (C=O) groups excluding carboxylic acids is 1. The number of aromatic carboxylic acids is 1. The molecule has 1 aromatic heterocycles. The molecule has 0 bridgehead atoms. The highest BCUT2D eigenvalue weighted by Gasteiger charge is 2.35. The fourth-order valence-corrected chi connectivity index (χ4v) is 1.69. The van der Waals surface area contributed by atoms with E-state index < -0.39 is 29.2 Å². The minimum Gasteiger partial charge on any atom is -0.478 e. The van der Waals surface area contributed by atoms with E-state index in [1.807, 2.05) is 0 Å². The smallest absolute Gasteiger partial charge is 0.417 e. The van der Waals surface area contributed by atoms with Crippen molar-refractivity contribution in [2.75, 3.05) is 0 Å². The SMILES string of the molecule is NC(=O)c1cnn(-c2ccc(C(=O)O)c(C(F)(F)F)c2)c1. The third-order valence-electron chi connectivity index (χ3n) is 2.67. The molecule has 1 amide bonds. The summed E-state index contributed by atoms with van der Waals surface area (Å²) in [4.78, 5) is 21.8. The van der Waals surface area contributed by atoms with E-state index in [1.165, 1.54) is 0 Å². The van der Waals surface area contributed by atoms with Gasteiger partial charge in [-0.2, -0.15) is 18.3 Å². The van der Waals surface area contributed by atoms with Crippen LogP contribution in [-0.4, -0.2) is 26.8 Å². The Bertz CT molecular complexity index is 722. The monoisotopic (exact) mass is 299 g/mol. The first-order valence-electron chi connectivity index (χ1n) is 5.49. The molecule has 1 aromatic carbocycles. The van der Waals surface area contributed by atoms with Crippen LogP contribution < -0.4 is 5.73 Å². The number of hydrogen-bond donors (Lipinski definition) is 2. The molecule has 2 aromatic rings. The van der Waals surface area contributed by atoms with Gasteiger partial charge in [0.2, 0.25) is 0 Å². The summed E-state index contributed by atoms with van der Waals surface area (Å²) in [5, 5.41) is 12.5. The van der Waals surface area contributed by atoms with Gasteiger partial charge in [-0.25, -0.2) is 9.48 Å². The first-order chi connectivity index (χ1) is 9.70. The summed E-state index contributed by atoms with van der Waals surface area (Å²) in [5.41, 5.74) is 2.83. The Balaban J connectivity index is 2.56. The van der Waals surface area contributed by atoms with Crippen LogP contribution in [0.1, 0.15) is 26.3 Å². The van der Waals surface area contributed by atoms with Gasteiger partial charge >= 0.3 is 12.1 Å². The number of nitrogens with zero attached hydrogens (tertiary/aromatic N) is 2. The molecule has 9 heteroatoms. The first kappa shape index (κ1) is 14.6. The molecule has 0 atom stereocenters. The summed E-state index contributed by atoms with van der Waals surface area (Å²) < 4.78 is 39.6.